The number of nitrogens with two attached hydrogens (primary N) is 1. The topological polar surface area (TPSA) is 35.2 Å². The van der Waals surface area contributed by atoms with E-state index in [4.69, 9.17) is 22.1 Å². The zero-order valence-electron chi connectivity index (χ0n) is 9.22. The molecule has 0 aliphatic heterocycles. The van der Waals surface area contributed by atoms with Gasteiger partial charge >= 0.3 is 0 Å². The van der Waals surface area contributed by atoms with E-state index in [1.807, 2.05) is 0 Å². The molecule has 2 nitrogen and oxygen atoms in total. The highest BCUT2D eigenvalue weighted by Gasteiger charge is 2.40. The molecule has 0 radical (unpaired) electrons. The van der Waals surface area contributed by atoms with Crippen molar-refractivity contribution < 1.29 is 9.13 Å². The molecule has 0 heterocycles. The van der Waals surface area contributed by atoms with Gasteiger partial charge in [-0.25, -0.2) is 4.39 Å². The van der Waals surface area contributed by atoms with Gasteiger partial charge in [0.2, 0.25) is 0 Å². The highest BCUT2D eigenvalue weighted by atomic mass is 35.5. The molecule has 0 bridgehead atoms. The zero-order valence-corrected chi connectivity index (χ0v) is 9.98. The van der Waals surface area contributed by atoms with E-state index in [0.29, 0.717) is 11.6 Å². The van der Waals surface area contributed by atoms with E-state index in [-0.39, 0.29) is 11.2 Å². The van der Waals surface area contributed by atoms with Gasteiger partial charge in [0.1, 0.15) is 0 Å². The largest absolute Gasteiger partial charge is 0.493 e. The van der Waals surface area contributed by atoms with Crippen LogP contribution in [0.25, 0.3) is 0 Å². The SMILES string of the molecule is COc1c(F)cc(Cl)cc1C1(CN)CCC1. The number of methoxy groups -OCH3 is 1. The third-order valence-electron chi connectivity index (χ3n) is 3.49. The normalized spacial score (nSPS) is 18.0. The van der Waals surface area contributed by atoms with Gasteiger partial charge < -0.3 is 10.5 Å². The molecule has 0 atom stereocenters. The summed E-state index contributed by atoms with van der Waals surface area (Å²) in [6.07, 6.45) is 3.06. The monoisotopic (exact) mass is 243 g/mol. The molecule has 1 aromatic rings. The fourth-order valence-electron chi connectivity index (χ4n) is 2.35. The molecule has 1 aliphatic rings. The molecule has 0 spiro atoms. The number of ether oxygens (including phenoxy) is 1. The lowest BCUT2D eigenvalue weighted by molar-refractivity contribution is 0.240. The van der Waals surface area contributed by atoms with Crippen molar-refractivity contribution in [1.29, 1.82) is 0 Å². The van der Waals surface area contributed by atoms with Crippen molar-refractivity contribution in [1.82, 2.24) is 0 Å². The van der Waals surface area contributed by atoms with E-state index >= 15 is 0 Å². The first-order valence-electron chi connectivity index (χ1n) is 5.36. The van der Waals surface area contributed by atoms with Gasteiger partial charge in [0.25, 0.3) is 0 Å². The molecule has 4 heteroatoms. The Hall–Kier alpha value is -0.800. The highest BCUT2D eigenvalue weighted by Crippen LogP contribution is 2.47. The molecule has 1 fully saturated rings. The van der Waals surface area contributed by atoms with Crippen LogP contribution in [0, 0.1) is 5.82 Å². The van der Waals surface area contributed by atoms with Gasteiger partial charge in [0.15, 0.2) is 11.6 Å². The average molecular weight is 244 g/mol. The van der Waals surface area contributed by atoms with Crippen LogP contribution in [0.2, 0.25) is 5.02 Å². The van der Waals surface area contributed by atoms with Crippen molar-refractivity contribution in [3.63, 3.8) is 0 Å². The summed E-state index contributed by atoms with van der Waals surface area (Å²) in [6, 6.07) is 3.04. The van der Waals surface area contributed by atoms with Crippen molar-refractivity contribution in [3.05, 3.63) is 28.5 Å². The average Bonchev–Trinajstić information content (AvgIpc) is 2.16. The minimum Gasteiger partial charge on any atom is -0.493 e. The second-order valence-corrected chi connectivity index (χ2v) is 4.74. The summed E-state index contributed by atoms with van der Waals surface area (Å²) in [5.74, 6) is -0.126. The Morgan fingerprint density at radius 3 is 2.62 bits per heavy atom. The van der Waals surface area contributed by atoms with E-state index in [2.05, 4.69) is 0 Å². The molecule has 1 aromatic carbocycles. The van der Waals surface area contributed by atoms with Crippen molar-refractivity contribution in [2.45, 2.75) is 24.7 Å². The lowest BCUT2D eigenvalue weighted by Gasteiger charge is -2.42. The first kappa shape index (κ1) is 11.7. The van der Waals surface area contributed by atoms with Crippen LogP contribution in [0.1, 0.15) is 24.8 Å². The summed E-state index contributed by atoms with van der Waals surface area (Å²) >= 11 is 5.89. The number of rotatable bonds is 3. The quantitative estimate of drug-likeness (QED) is 0.886. The fraction of sp³-hybridized carbons (Fsp3) is 0.500. The first-order chi connectivity index (χ1) is 7.63. The maximum absolute atomic E-state index is 13.7. The van der Waals surface area contributed by atoms with Gasteiger partial charge in [-0.05, 0) is 25.0 Å². The van der Waals surface area contributed by atoms with E-state index < -0.39 is 5.82 Å². The summed E-state index contributed by atoms with van der Waals surface area (Å²) in [6.45, 7) is 0.503. The molecular weight excluding hydrogens is 229 g/mol. The Morgan fingerprint density at radius 1 is 1.50 bits per heavy atom. The minimum atomic E-state index is -0.412. The van der Waals surface area contributed by atoms with Crippen molar-refractivity contribution in [2.75, 3.05) is 13.7 Å². The van der Waals surface area contributed by atoms with E-state index in [1.54, 1.807) is 6.07 Å². The molecule has 2 rings (SSSR count). The van der Waals surface area contributed by atoms with Crippen LogP contribution in [0.4, 0.5) is 4.39 Å². The summed E-state index contributed by atoms with van der Waals surface area (Å²) in [5.41, 5.74) is 6.48. The van der Waals surface area contributed by atoms with Crippen LogP contribution in [0.5, 0.6) is 5.75 Å². The Bertz CT molecular complexity index is 399. The molecule has 0 amide bonds. The molecule has 88 valence electrons. The molecule has 0 aromatic heterocycles. The maximum Gasteiger partial charge on any atom is 0.166 e. The van der Waals surface area contributed by atoms with Crippen LogP contribution in [0.15, 0.2) is 12.1 Å². The number of halogens is 2. The van der Waals surface area contributed by atoms with Crippen molar-refractivity contribution in [3.8, 4) is 5.75 Å². The smallest absolute Gasteiger partial charge is 0.166 e. The van der Waals surface area contributed by atoms with Gasteiger partial charge in [-0.1, -0.05) is 18.0 Å². The van der Waals surface area contributed by atoms with Crippen LogP contribution in [-0.4, -0.2) is 13.7 Å². The zero-order chi connectivity index (χ0) is 11.8. The number of benzene rings is 1. The third-order valence-corrected chi connectivity index (χ3v) is 3.70. The molecule has 1 aliphatic carbocycles. The fourth-order valence-corrected chi connectivity index (χ4v) is 2.55. The van der Waals surface area contributed by atoms with Crippen LogP contribution >= 0.6 is 11.6 Å². The van der Waals surface area contributed by atoms with Gasteiger partial charge in [-0.15, -0.1) is 0 Å². The standard InChI is InChI=1S/C12H15ClFNO/c1-16-11-9(5-8(13)6-10(11)14)12(7-15)3-2-4-12/h5-6H,2-4,7,15H2,1H3. The highest BCUT2D eigenvalue weighted by molar-refractivity contribution is 6.30. The van der Waals surface area contributed by atoms with Crippen molar-refractivity contribution in [2.24, 2.45) is 5.73 Å². The Morgan fingerprint density at radius 2 is 2.19 bits per heavy atom. The van der Waals surface area contributed by atoms with Crippen LogP contribution in [-0.2, 0) is 5.41 Å². The van der Waals surface area contributed by atoms with Crippen LogP contribution < -0.4 is 10.5 Å². The molecule has 1 saturated carbocycles. The lowest BCUT2D eigenvalue weighted by atomic mass is 9.64. The minimum absolute atomic E-state index is 0.142. The van der Waals surface area contributed by atoms with Gasteiger partial charge in [-0.3, -0.25) is 0 Å². The predicted octanol–water partition coefficient (Wildman–Crippen LogP) is 2.87. The summed E-state index contributed by atoms with van der Waals surface area (Å²) in [4.78, 5) is 0. The summed E-state index contributed by atoms with van der Waals surface area (Å²) < 4.78 is 18.8. The lowest BCUT2D eigenvalue weighted by Crippen LogP contribution is -2.41. The number of hydrogen-bond donors (Lipinski definition) is 1. The van der Waals surface area contributed by atoms with Gasteiger partial charge in [0, 0.05) is 22.5 Å². The first-order valence-corrected chi connectivity index (χ1v) is 5.74. The Kier molecular flexibility index (Phi) is 3.08. The number of hydrogen-bond acceptors (Lipinski definition) is 2. The second-order valence-electron chi connectivity index (χ2n) is 4.31. The van der Waals surface area contributed by atoms with E-state index in [1.165, 1.54) is 13.2 Å². The van der Waals surface area contributed by atoms with E-state index in [0.717, 1.165) is 24.8 Å². The molecule has 16 heavy (non-hydrogen) atoms. The van der Waals surface area contributed by atoms with Gasteiger partial charge in [0.05, 0.1) is 7.11 Å². The Balaban J connectivity index is 2.53. The van der Waals surface area contributed by atoms with Crippen LogP contribution in [0.3, 0.4) is 0 Å². The summed E-state index contributed by atoms with van der Waals surface area (Å²) in [5, 5.41) is 0.396. The third kappa shape index (κ3) is 1.68. The molecule has 2 N–H and O–H groups in total. The Labute approximate surface area is 99.5 Å². The van der Waals surface area contributed by atoms with E-state index in [9.17, 15) is 4.39 Å². The molecule has 0 unspecified atom stereocenters. The molecular formula is C12H15ClFNO. The molecule has 0 saturated heterocycles. The summed E-state index contributed by atoms with van der Waals surface area (Å²) in [7, 11) is 1.47. The predicted molar refractivity (Wildman–Crippen MR) is 62.5 cm³/mol. The van der Waals surface area contributed by atoms with Crippen molar-refractivity contribution >= 4 is 11.6 Å². The maximum atomic E-state index is 13.7. The van der Waals surface area contributed by atoms with Gasteiger partial charge in [-0.2, -0.15) is 0 Å². The second kappa shape index (κ2) is 4.22.